The molecule has 0 saturated heterocycles. The van der Waals surface area contributed by atoms with Gasteiger partial charge in [-0.2, -0.15) is 0 Å². The smallest absolute Gasteiger partial charge is 0.0885 e. The lowest BCUT2D eigenvalue weighted by Crippen LogP contribution is -1.92. The van der Waals surface area contributed by atoms with E-state index in [9.17, 15) is 5.11 Å². The summed E-state index contributed by atoms with van der Waals surface area (Å²) in [6, 6.07) is 2.09. The fourth-order valence-electron chi connectivity index (χ4n) is 1.69. The summed E-state index contributed by atoms with van der Waals surface area (Å²) in [5.41, 5.74) is 1.31. The van der Waals surface area contributed by atoms with E-state index in [4.69, 9.17) is 0 Å². The second-order valence-electron chi connectivity index (χ2n) is 3.24. The van der Waals surface area contributed by atoms with Crippen LogP contribution in [0.2, 0.25) is 0 Å². The molecule has 0 amide bonds. The molecule has 1 heterocycles. The first-order chi connectivity index (χ1) is 5.77. The molecule has 1 nitrogen and oxygen atoms in total. The fourth-order valence-corrected chi connectivity index (χ4v) is 3.11. The van der Waals surface area contributed by atoms with Gasteiger partial charge in [0, 0.05) is 4.88 Å². The van der Waals surface area contributed by atoms with Crippen LogP contribution in [0.1, 0.15) is 35.8 Å². The van der Waals surface area contributed by atoms with Crippen molar-refractivity contribution in [3.05, 3.63) is 16.5 Å². The predicted molar refractivity (Wildman–Crippen MR) is 54.1 cm³/mol. The zero-order valence-corrected chi connectivity index (χ0v) is 8.50. The molecule has 0 saturated carbocycles. The Kier molecular flexibility index (Phi) is 2.44. The van der Waals surface area contributed by atoms with Crippen LogP contribution in [0.5, 0.6) is 0 Å². The quantitative estimate of drug-likeness (QED) is 0.487. The molecule has 1 aromatic heterocycles. The van der Waals surface area contributed by atoms with Gasteiger partial charge in [0.1, 0.15) is 0 Å². The molecule has 0 fully saturated rings. The molecule has 0 radical (unpaired) electrons. The number of thiophene rings is 1. The minimum absolute atomic E-state index is 0.228. The number of aliphatic hydroxyl groups excluding tert-OH is 1. The average Bonchev–Trinajstić information content (AvgIpc) is 2.33. The molecule has 3 heteroatoms. The third-order valence-electron chi connectivity index (χ3n) is 2.31. The minimum Gasteiger partial charge on any atom is -0.388 e. The van der Waals surface area contributed by atoms with Crippen molar-refractivity contribution in [1.82, 2.24) is 0 Å². The van der Waals surface area contributed by atoms with Crippen molar-refractivity contribution in [1.29, 1.82) is 0 Å². The molecule has 0 bridgehead atoms. The second-order valence-corrected chi connectivity index (χ2v) is 5.10. The number of thiol groups is 1. The minimum atomic E-state index is -0.228. The van der Waals surface area contributed by atoms with Crippen molar-refractivity contribution >= 4 is 24.0 Å². The summed E-state index contributed by atoms with van der Waals surface area (Å²) < 4.78 is 1.03. The van der Waals surface area contributed by atoms with E-state index in [2.05, 4.69) is 18.7 Å². The third-order valence-corrected chi connectivity index (χ3v) is 3.79. The molecular weight excluding hydrogens is 188 g/mol. The monoisotopic (exact) mass is 200 g/mol. The van der Waals surface area contributed by atoms with E-state index >= 15 is 0 Å². The Balaban J connectivity index is 2.38. The fraction of sp³-hybridized carbons (Fsp3) is 0.556. The Hall–Kier alpha value is 0.01000. The van der Waals surface area contributed by atoms with Gasteiger partial charge in [-0.1, -0.05) is 6.42 Å². The van der Waals surface area contributed by atoms with Gasteiger partial charge < -0.3 is 5.11 Å². The molecule has 1 unspecified atom stereocenters. The highest BCUT2D eigenvalue weighted by molar-refractivity contribution is 7.82. The lowest BCUT2D eigenvalue weighted by Gasteiger charge is -2.04. The molecule has 12 heavy (non-hydrogen) atoms. The Bertz CT molecular complexity index is 280. The van der Waals surface area contributed by atoms with Gasteiger partial charge in [0.25, 0.3) is 0 Å². The van der Waals surface area contributed by atoms with Gasteiger partial charge in [0.15, 0.2) is 0 Å². The van der Waals surface area contributed by atoms with E-state index < -0.39 is 0 Å². The van der Waals surface area contributed by atoms with E-state index in [-0.39, 0.29) is 6.10 Å². The molecule has 1 atom stereocenters. The zero-order chi connectivity index (χ0) is 8.55. The first kappa shape index (κ1) is 8.60. The van der Waals surface area contributed by atoms with Crippen LogP contribution < -0.4 is 0 Å². The van der Waals surface area contributed by atoms with Gasteiger partial charge in [-0.3, -0.25) is 0 Å². The number of hydrogen-bond acceptors (Lipinski definition) is 3. The highest BCUT2D eigenvalue weighted by Crippen LogP contribution is 2.36. The number of rotatable bonds is 0. The van der Waals surface area contributed by atoms with E-state index in [1.54, 1.807) is 11.3 Å². The second kappa shape index (κ2) is 3.40. The maximum atomic E-state index is 9.73. The molecule has 2 rings (SSSR count). The summed E-state index contributed by atoms with van der Waals surface area (Å²) >= 11 is 5.92. The number of fused-ring (bicyclic) bond motifs is 1. The normalized spacial score (nSPS) is 23.3. The predicted octanol–water partition coefficient (Wildman–Crippen LogP) is 2.80. The molecule has 1 N–H and O–H groups in total. The van der Waals surface area contributed by atoms with E-state index in [1.165, 1.54) is 12.0 Å². The van der Waals surface area contributed by atoms with Crippen LogP contribution in [0.4, 0.5) is 0 Å². The van der Waals surface area contributed by atoms with Crippen molar-refractivity contribution in [2.75, 3.05) is 0 Å². The molecule has 0 aliphatic heterocycles. The summed E-state index contributed by atoms with van der Waals surface area (Å²) in [7, 11) is 0. The van der Waals surface area contributed by atoms with Crippen LogP contribution in [-0.4, -0.2) is 5.11 Å². The molecule has 0 aromatic carbocycles. The van der Waals surface area contributed by atoms with E-state index in [1.807, 2.05) is 0 Å². The molecule has 1 aromatic rings. The number of aryl methyl sites for hydroxylation is 1. The Morgan fingerprint density at radius 3 is 3.17 bits per heavy atom. The summed E-state index contributed by atoms with van der Waals surface area (Å²) in [6.45, 7) is 0. The summed E-state index contributed by atoms with van der Waals surface area (Å²) in [4.78, 5) is 1.15. The zero-order valence-electron chi connectivity index (χ0n) is 6.79. The molecule has 66 valence electrons. The van der Waals surface area contributed by atoms with Crippen LogP contribution in [0.3, 0.4) is 0 Å². The maximum absolute atomic E-state index is 9.73. The van der Waals surface area contributed by atoms with Gasteiger partial charge in [-0.05, 0) is 30.9 Å². The van der Waals surface area contributed by atoms with E-state index in [0.29, 0.717) is 0 Å². The SMILES string of the molecule is OC1CCCCc2cc(S)sc21. The Morgan fingerprint density at radius 2 is 2.33 bits per heavy atom. The summed E-state index contributed by atoms with van der Waals surface area (Å²) in [5, 5.41) is 9.73. The van der Waals surface area contributed by atoms with Crippen molar-refractivity contribution in [2.45, 2.75) is 36.0 Å². The van der Waals surface area contributed by atoms with Crippen molar-refractivity contribution in [3.8, 4) is 0 Å². The van der Waals surface area contributed by atoms with Gasteiger partial charge in [-0.15, -0.1) is 24.0 Å². The van der Waals surface area contributed by atoms with Gasteiger partial charge in [-0.25, -0.2) is 0 Å². The van der Waals surface area contributed by atoms with Crippen LogP contribution >= 0.6 is 24.0 Å². The first-order valence-corrected chi connectivity index (χ1v) is 5.53. The molecular formula is C9H12OS2. The molecule has 1 aliphatic carbocycles. The van der Waals surface area contributed by atoms with Crippen LogP contribution in [0.15, 0.2) is 10.3 Å². The summed E-state index contributed by atoms with van der Waals surface area (Å²) in [5.74, 6) is 0. The van der Waals surface area contributed by atoms with E-state index in [0.717, 1.165) is 28.3 Å². The Morgan fingerprint density at radius 1 is 1.50 bits per heavy atom. The lowest BCUT2D eigenvalue weighted by atomic mass is 10.1. The summed E-state index contributed by atoms with van der Waals surface area (Å²) in [6.07, 6.45) is 4.15. The highest BCUT2D eigenvalue weighted by atomic mass is 32.2. The van der Waals surface area contributed by atoms with Gasteiger partial charge in [0.05, 0.1) is 10.3 Å². The van der Waals surface area contributed by atoms with Gasteiger partial charge in [0.2, 0.25) is 0 Å². The molecule has 1 aliphatic rings. The maximum Gasteiger partial charge on any atom is 0.0885 e. The topological polar surface area (TPSA) is 20.2 Å². The van der Waals surface area contributed by atoms with Crippen molar-refractivity contribution in [2.24, 2.45) is 0 Å². The molecule has 0 spiro atoms. The van der Waals surface area contributed by atoms with Crippen LogP contribution in [0, 0.1) is 0 Å². The largest absolute Gasteiger partial charge is 0.388 e. The first-order valence-electron chi connectivity index (χ1n) is 4.27. The number of aliphatic hydroxyl groups is 1. The van der Waals surface area contributed by atoms with Gasteiger partial charge >= 0.3 is 0 Å². The standard InChI is InChI=1S/C9H12OS2/c10-7-4-2-1-3-6-5-8(11)12-9(6)7/h5,7,10-11H,1-4H2. The van der Waals surface area contributed by atoms with Crippen molar-refractivity contribution < 1.29 is 5.11 Å². The van der Waals surface area contributed by atoms with Crippen LogP contribution in [0.25, 0.3) is 0 Å². The number of hydrogen-bond donors (Lipinski definition) is 2. The van der Waals surface area contributed by atoms with Crippen LogP contribution in [-0.2, 0) is 6.42 Å². The average molecular weight is 200 g/mol. The van der Waals surface area contributed by atoms with Crippen molar-refractivity contribution in [3.63, 3.8) is 0 Å². The Labute approximate surface area is 81.8 Å². The third kappa shape index (κ3) is 1.53. The lowest BCUT2D eigenvalue weighted by molar-refractivity contribution is 0.170. The highest BCUT2D eigenvalue weighted by Gasteiger charge is 2.18.